The summed E-state index contributed by atoms with van der Waals surface area (Å²) < 4.78 is 10.2. The Bertz CT molecular complexity index is 662. The van der Waals surface area contributed by atoms with E-state index >= 15 is 0 Å². The van der Waals surface area contributed by atoms with Crippen molar-refractivity contribution in [2.45, 2.75) is 12.8 Å². The maximum atomic E-state index is 11.7. The maximum absolute atomic E-state index is 11.7. The molecule has 1 N–H and O–H groups in total. The zero-order chi connectivity index (χ0) is 16.5. The van der Waals surface area contributed by atoms with Crippen molar-refractivity contribution in [3.63, 3.8) is 0 Å². The monoisotopic (exact) mass is 312 g/mol. The minimum absolute atomic E-state index is 0.0631. The third-order valence-corrected chi connectivity index (χ3v) is 3.31. The van der Waals surface area contributed by atoms with Crippen LogP contribution in [0.1, 0.15) is 17.5 Å². The fourth-order valence-electron chi connectivity index (χ4n) is 2.10. The Morgan fingerprint density at radius 1 is 1.17 bits per heavy atom. The fourth-order valence-corrected chi connectivity index (χ4v) is 2.10. The molecule has 2 aromatic carbocycles. The summed E-state index contributed by atoms with van der Waals surface area (Å²) in [6, 6.07) is 14.9. The third-order valence-electron chi connectivity index (χ3n) is 3.31. The van der Waals surface area contributed by atoms with Gasteiger partial charge in [-0.2, -0.15) is 0 Å². The number of esters is 1. The quantitative estimate of drug-likeness (QED) is 0.482. The molecule has 0 aliphatic heterocycles. The number of hydrogen-bond donors (Lipinski definition) is 1. The summed E-state index contributed by atoms with van der Waals surface area (Å²) in [6.45, 7) is 0.386. The molecule has 0 aliphatic carbocycles. The molecule has 0 spiro atoms. The molecule has 0 unspecified atom stereocenters. The number of aryl methyl sites for hydroxylation is 1. The van der Waals surface area contributed by atoms with E-state index in [9.17, 15) is 9.90 Å². The molecule has 0 aliphatic rings. The van der Waals surface area contributed by atoms with Gasteiger partial charge in [0.15, 0.2) is 11.5 Å². The molecule has 120 valence electrons. The lowest BCUT2D eigenvalue weighted by atomic mass is 10.1. The van der Waals surface area contributed by atoms with Gasteiger partial charge >= 0.3 is 5.97 Å². The molecule has 0 saturated heterocycles. The minimum atomic E-state index is -0.384. The van der Waals surface area contributed by atoms with Gasteiger partial charge < -0.3 is 14.6 Å². The van der Waals surface area contributed by atoms with Crippen molar-refractivity contribution in [1.82, 2.24) is 0 Å². The number of phenols is 1. The average molecular weight is 312 g/mol. The predicted octanol–water partition coefficient (Wildman–Crippen LogP) is 3.59. The number of carbonyl (C=O) groups is 1. The molecule has 4 nitrogen and oxygen atoms in total. The minimum Gasteiger partial charge on any atom is -0.504 e. The van der Waals surface area contributed by atoms with Crippen molar-refractivity contribution in [1.29, 1.82) is 0 Å². The highest BCUT2D eigenvalue weighted by atomic mass is 16.5. The van der Waals surface area contributed by atoms with Crippen LogP contribution in [0, 0.1) is 0 Å². The van der Waals surface area contributed by atoms with Gasteiger partial charge in [-0.05, 0) is 42.2 Å². The molecule has 0 heterocycles. The van der Waals surface area contributed by atoms with Gasteiger partial charge in [0.1, 0.15) is 0 Å². The summed E-state index contributed by atoms with van der Waals surface area (Å²) in [5.74, 6) is 0.0432. The summed E-state index contributed by atoms with van der Waals surface area (Å²) >= 11 is 0. The van der Waals surface area contributed by atoms with Crippen molar-refractivity contribution < 1.29 is 19.4 Å². The zero-order valence-electron chi connectivity index (χ0n) is 13.1. The van der Waals surface area contributed by atoms with Crippen LogP contribution in [-0.4, -0.2) is 24.8 Å². The van der Waals surface area contributed by atoms with Crippen molar-refractivity contribution in [3.8, 4) is 11.5 Å². The number of aromatic hydroxyl groups is 1. The van der Waals surface area contributed by atoms with Crippen LogP contribution in [0.15, 0.2) is 54.6 Å². The van der Waals surface area contributed by atoms with Gasteiger partial charge in [-0.15, -0.1) is 0 Å². The van der Waals surface area contributed by atoms with E-state index in [1.807, 2.05) is 18.2 Å². The topological polar surface area (TPSA) is 55.8 Å². The predicted molar refractivity (Wildman–Crippen MR) is 89.4 cm³/mol. The largest absolute Gasteiger partial charge is 0.504 e. The number of rotatable bonds is 7. The van der Waals surface area contributed by atoms with Crippen LogP contribution in [0.2, 0.25) is 0 Å². The van der Waals surface area contributed by atoms with E-state index in [1.165, 1.54) is 24.8 Å². The summed E-state index contributed by atoms with van der Waals surface area (Å²) in [7, 11) is 1.48. The van der Waals surface area contributed by atoms with Gasteiger partial charge in [0, 0.05) is 6.08 Å². The number of ether oxygens (including phenoxy) is 2. The molecular weight excluding hydrogens is 292 g/mol. The highest BCUT2D eigenvalue weighted by Gasteiger charge is 2.02. The third kappa shape index (κ3) is 5.51. The molecule has 2 aromatic rings. The Morgan fingerprint density at radius 3 is 2.70 bits per heavy atom. The molecule has 0 radical (unpaired) electrons. The molecule has 0 fully saturated rings. The van der Waals surface area contributed by atoms with Crippen LogP contribution in [-0.2, 0) is 16.0 Å². The second-order valence-electron chi connectivity index (χ2n) is 5.02. The summed E-state index contributed by atoms with van der Waals surface area (Å²) in [6.07, 6.45) is 4.67. The Kier molecular flexibility index (Phi) is 6.24. The Balaban J connectivity index is 1.76. The molecule has 0 aromatic heterocycles. The molecule has 23 heavy (non-hydrogen) atoms. The first-order chi connectivity index (χ1) is 11.2. The summed E-state index contributed by atoms with van der Waals surface area (Å²) in [4.78, 5) is 11.7. The van der Waals surface area contributed by atoms with E-state index < -0.39 is 0 Å². The second kappa shape index (κ2) is 8.63. The highest BCUT2D eigenvalue weighted by molar-refractivity contribution is 5.87. The maximum Gasteiger partial charge on any atom is 0.330 e. The first-order valence-corrected chi connectivity index (χ1v) is 7.45. The van der Waals surface area contributed by atoms with Crippen molar-refractivity contribution >= 4 is 12.0 Å². The smallest absolute Gasteiger partial charge is 0.330 e. The van der Waals surface area contributed by atoms with Crippen LogP contribution >= 0.6 is 0 Å². The van der Waals surface area contributed by atoms with Gasteiger partial charge in [0.2, 0.25) is 0 Å². The fraction of sp³-hybridized carbons (Fsp3) is 0.211. The van der Waals surface area contributed by atoms with E-state index in [-0.39, 0.29) is 11.7 Å². The number of benzene rings is 2. The van der Waals surface area contributed by atoms with Gasteiger partial charge in [-0.1, -0.05) is 36.4 Å². The van der Waals surface area contributed by atoms with E-state index in [1.54, 1.807) is 18.2 Å². The Labute approximate surface area is 136 Å². The van der Waals surface area contributed by atoms with Crippen LogP contribution in [0.5, 0.6) is 11.5 Å². The molecule has 0 atom stereocenters. The SMILES string of the molecule is COc1cc(C=CC(=O)OCCCc2ccccc2)ccc1O. The molecular formula is C19H20O4. The van der Waals surface area contributed by atoms with Gasteiger partial charge in [0.05, 0.1) is 13.7 Å². The molecule has 0 amide bonds. The summed E-state index contributed by atoms with van der Waals surface area (Å²) in [5.41, 5.74) is 1.98. The van der Waals surface area contributed by atoms with E-state index in [4.69, 9.17) is 9.47 Å². The number of phenolic OH excluding ortho intramolecular Hbond substituents is 1. The first-order valence-electron chi connectivity index (χ1n) is 7.45. The Morgan fingerprint density at radius 2 is 1.96 bits per heavy atom. The lowest BCUT2D eigenvalue weighted by molar-refractivity contribution is -0.137. The lowest BCUT2D eigenvalue weighted by Crippen LogP contribution is -2.03. The number of carbonyl (C=O) groups excluding carboxylic acids is 1. The first kappa shape index (κ1) is 16.6. The van der Waals surface area contributed by atoms with Gasteiger partial charge in [-0.3, -0.25) is 0 Å². The van der Waals surface area contributed by atoms with Gasteiger partial charge in [0.25, 0.3) is 0 Å². The summed E-state index contributed by atoms with van der Waals surface area (Å²) in [5, 5.41) is 9.51. The van der Waals surface area contributed by atoms with E-state index in [2.05, 4.69) is 12.1 Å². The van der Waals surface area contributed by atoms with E-state index in [0.717, 1.165) is 18.4 Å². The molecule has 2 rings (SSSR count). The standard InChI is InChI=1S/C19H20O4/c1-22-18-14-16(9-11-17(18)20)10-12-19(21)23-13-5-8-15-6-3-2-4-7-15/h2-4,6-7,9-12,14,20H,5,8,13H2,1H3. The normalized spacial score (nSPS) is 10.7. The zero-order valence-corrected chi connectivity index (χ0v) is 13.1. The Hall–Kier alpha value is -2.75. The van der Waals surface area contributed by atoms with Crippen LogP contribution in [0.3, 0.4) is 0 Å². The van der Waals surface area contributed by atoms with Crippen molar-refractivity contribution in [2.75, 3.05) is 13.7 Å². The second-order valence-corrected chi connectivity index (χ2v) is 5.02. The van der Waals surface area contributed by atoms with Crippen LogP contribution in [0.25, 0.3) is 6.08 Å². The van der Waals surface area contributed by atoms with E-state index in [0.29, 0.717) is 12.4 Å². The van der Waals surface area contributed by atoms with Crippen molar-refractivity contribution in [3.05, 3.63) is 65.7 Å². The number of hydrogen-bond acceptors (Lipinski definition) is 4. The molecule has 4 heteroatoms. The van der Waals surface area contributed by atoms with Crippen molar-refractivity contribution in [2.24, 2.45) is 0 Å². The number of methoxy groups -OCH3 is 1. The lowest BCUT2D eigenvalue weighted by Gasteiger charge is -2.04. The highest BCUT2D eigenvalue weighted by Crippen LogP contribution is 2.26. The average Bonchev–Trinajstić information content (AvgIpc) is 2.59. The van der Waals surface area contributed by atoms with Crippen LogP contribution in [0.4, 0.5) is 0 Å². The van der Waals surface area contributed by atoms with Crippen LogP contribution < -0.4 is 4.74 Å². The molecule has 0 saturated carbocycles. The van der Waals surface area contributed by atoms with Gasteiger partial charge in [-0.25, -0.2) is 4.79 Å². The molecule has 0 bridgehead atoms.